The second-order valence-electron chi connectivity index (χ2n) is 4.33. The van der Waals surface area contributed by atoms with Gasteiger partial charge in [-0.15, -0.1) is 0 Å². The number of para-hydroxylation sites is 1. The summed E-state index contributed by atoms with van der Waals surface area (Å²) in [6, 6.07) is 9.74. The molecule has 0 aromatic heterocycles. The van der Waals surface area contributed by atoms with Crippen molar-refractivity contribution in [2.24, 2.45) is 0 Å². The molecule has 0 saturated carbocycles. The first-order valence-corrected chi connectivity index (χ1v) is 7.49. The fourth-order valence-electron chi connectivity index (χ4n) is 1.87. The topological polar surface area (TPSA) is 72.6 Å². The molecule has 0 aliphatic rings. The van der Waals surface area contributed by atoms with E-state index in [1.807, 2.05) is 0 Å². The highest BCUT2D eigenvalue weighted by atomic mass is 32.2. The largest absolute Gasteiger partial charge is 0.495 e. The van der Waals surface area contributed by atoms with Crippen molar-refractivity contribution in [3.63, 3.8) is 0 Å². The van der Waals surface area contributed by atoms with Crippen molar-refractivity contribution in [1.29, 1.82) is 0 Å². The summed E-state index contributed by atoms with van der Waals surface area (Å²) in [5.74, 6) is -0.243. The monoisotopic (exact) mass is 310 g/mol. The van der Waals surface area contributed by atoms with E-state index in [0.29, 0.717) is 5.75 Å². The minimum absolute atomic E-state index is 0.0353. The summed E-state index contributed by atoms with van der Waals surface area (Å²) >= 11 is 0. The Hall–Kier alpha value is -2.28. The molecule has 2 aromatic carbocycles. The van der Waals surface area contributed by atoms with Crippen LogP contribution in [0.3, 0.4) is 0 Å². The number of sulfonamides is 1. The summed E-state index contributed by atoms with van der Waals surface area (Å²) in [4.78, 5) is -0.0356. The van der Waals surface area contributed by atoms with E-state index in [1.54, 1.807) is 6.07 Å². The predicted molar refractivity (Wildman–Crippen MR) is 79.4 cm³/mol. The quantitative estimate of drug-likeness (QED) is 0.879. The van der Waals surface area contributed by atoms with Crippen LogP contribution < -0.4 is 14.8 Å². The maximum atomic E-state index is 13.7. The maximum absolute atomic E-state index is 13.7. The number of hydrogen-bond acceptors (Lipinski definition) is 4. The number of nitrogens with zero attached hydrogens (tertiary/aromatic N) is 1. The molecule has 0 spiro atoms. The number of nitrogen functional groups attached to an aromatic ring is 1. The molecule has 0 fully saturated rings. The molecular weight excluding hydrogens is 295 g/mol. The summed E-state index contributed by atoms with van der Waals surface area (Å²) in [7, 11) is -1.18. The number of anilines is 2. The van der Waals surface area contributed by atoms with Crippen LogP contribution in [0.4, 0.5) is 15.8 Å². The van der Waals surface area contributed by atoms with E-state index in [4.69, 9.17) is 10.5 Å². The SMILES string of the molecule is COc1ccc(S(=O)(=O)N(C)c2ccccc2F)cc1N. The van der Waals surface area contributed by atoms with Crippen molar-refractivity contribution in [1.82, 2.24) is 0 Å². The number of benzene rings is 2. The van der Waals surface area contributed by atoms with Crippen LogP contribution in [0.15, 0.2) is 47.4 Å². The first kappa shape index (κ1) is 15.1. The maximum Gasteiger partial charge on any atom is 0.264 e. The average molecular weight is 310 g/mol. The molecule has 2 N–H and O–H groups in total. The smallest absolute Gasteiger partial charge is 0.264 e. The van der Waals surface area contributed by atoms with Crippen LogP contribution in [0.2, 0.25) is 0 Å². The van der Waals surface area contributed by atoms with E-state index in [1.165, 1.54) is 50.6 Å². The Morgan fingerprint density at radius 1 is 1.19 bits per heavy atom. The van der Waals surface area contributed by atoms with Gasteiger partial charge < -0.3 is 10.5 Å². The van der Waals surface area contributed by atoms with Gasteiger partial charge in [0.1, 0.15) is 11.6 Å². The summed E-state index contributed by atoms with van der Waals surface area (Å²) in [6.07, 6.45) is 0. The van der Waals surface area contributed by atoms with E-state index >= 15 is 0 Å². The lowest BCUT2D eigenvalue weighted by Gasteiger charge is -2.20. The van der Waals surface area contributed by atoms with Gasteiger partial charge in [0.25, 0.3) is 10.0 Å². The van der Waals surface area contributed by atoms with Gasteiger partial charge in [0, 0.05) is 7.05 Å². The molecule has 0 unspecified atom stereocenters. The number of nitrogens with two attached hydrogens (primary N) is 1. The Labute approximate surface area is 122 Å². The number of rotatable bonds is 4. The molecule has 21 heavy (non-hydrogen) atoms. The van der Waals surface area contributed by atoms with E-state index in [2.05, 4.69) is 0 Å². The number of halogens is 1. The highest BCUT2D eigenvalue weighted by Gasteiger charge is 2.24. The van der Waals surface area contributed by atoms with Crippen LogP contribution in [-0.4, -0.2) is 22.6 Å². The highest BCUT2D eigenvalue weighted by molar-refractivity contribution is 7.92. The zero-order valence-corrected chi connectivity index (χ0v) is 12.4. The van der Waals surface area contributed by atoms with E-state index in [0.717, 1.165) is 4.31 Å². The van der Waals surface area contributed by atoms with Crippen molar-refractivity contribution in [2.75, 3.05) is 24.2 Å². The van der Waals surface area contributed by atoms with E-state index in [-0.39, 0.29) is 16.3 Å². The van der Waals surface area contributed by atoms with Crippen molar-refractivity contribution in [3.05, 3.63) is 48.3 Å². The van der Waals surface area contributed by atoms with Crippen molar-refractivity contribution in [2.45, 2.75) is 4.90 Å². The Kier molecular flexibility index (Phi) is 4.04. The minimum atomic E-state index is -3.90. The molecule has 0 aliphatic heterocycles. The minimum Gasteiger partial charge on any atom is -0.495 e. The van der Waals surface area contributed by atoms with Crippen molar-refractivity contribution < 1.29 is 17.5 Å². The van der Waals surface area contributed by atoms with Crippen LogP contribution in [0.5, 0.6) is 5.75 Å². The molecule has 0 atom stereocenters. The standard InChI is InChI=1S/C14H15FN2O3S/c1-17(13-6-4-3-5-11(13)15)21(18,19)10-7-8-14(20-2)12(16)9-10/h3-9H,16H2,1-2H3. The van der Waals surface area contributed by atoms with Gasteiger partial charge in [-0.1, -0.05) is 12.1 Å². The molecule has 2 aromatic rings. The van der Waals surface area contributed by atoms with Crippen LogP contribution in [0.1, 0.15) is 0 Å². The lowest BCUT2D eigenvalue weighted by atomic mass is 10.3. The van der Waals surface area contributed by atoms with Gasteiger partial charge in [0.2, 0.25) is 0 Å². The molecule has 0 amide bonds. The Morgan fingerprint density at radius 2 is 1.86 bits per heavy atom. The average Bonchev–Trinajstić information content (AvgIpc) is 2.47. The van der Waals surface area contributed by atoms with Crippen LogP contribution >= 0.6 is 0 Å². The van der Waals surface area contributed by atoms with Crippen molar-refractivity contribution in [3.8, 4) is 5.75 Å². The first-order chi connectivity index (χ1) is 9.87. The third-order valence-corrected chi connectivity index (χ3v) is 4.82. The summed E-state index contributed by atoms with van der Waals surface area (Å²) < 4.78 is 44.6. The summed E-state index contributed by atoms with van der Waals surface area (Å²) in [5.41, 5.74) is 5.87. The lowest BCUT2D eigenvalue weighted by molar-refractivity contribution is 0.416. The fourth-order valence-corrected chi connectivity index (χ4v) is 3.11. The normalized spacial score (nSPS) is 11.2. The summed E-state index contributed by atoms with van der Waals surface area (Å²) in [5, 5.41) is 0. The van der Waals surface area contributed by atoms with Gasteiger partial charge in [-0.25, -0.2) is 12.8 Å². The van der Waals surface area contributed by atoms with E-state index < -0.39 is 15.8 Å². The van der Waals surface area contributed by atoms with Gasteiger partial charge in [0.15, 0.2) is 0 Å². The molecule has 0 saturated heterocycles. The number of hydrogen-bond donors (Lipinski definition) is 1. The fraction of sp³-hybridized carbons (Fsp3) is 0.143. The van der Waals surface area contributed by atoms with Crippen LogP contribution in [0, 0.1) is 5.82 Å². The molecule has 0 radical (unpaired) electrons. The third-order valence-electron chi connectivity index (χ3n) is 3.05. The summed E-state index contributed by atoms with van der Waals surface area (Å²) in [6.45, 7) is 0. The Morgan fingerprint density at radius 3 is 2.43 bits per heavy atom. The Bertz CT molecular complexity index is 763. The van der Waals surface area contributed by atoms with Gasteiger partial charge in [0.05, 0.1) is 23.4 Å². The molecule has 5 nitrogen and oxygen atoms in total. The molecular formula is C14H15FN2O3S. The second kappa shape index (κ2) is 5.61. The molecule has 0 bridgehead atoms. The molecule has 7 heteroatoms. The van der Waals surface area contributed by atoms with Gasteiger partial charge in [-0.3, -0.25) is 4.31 Å². The number of methoxy groups -OCH3 is 1. The predicted octanol–water partition coefficient (Wildman–Crippen LogP) is 2.24. The molecule has 112 valence electrons. The molecule has 0 aliphatic carbocycles. The van der Waals surface area contributed by atoms with E-state index in [9.17, 15) is 12.8 Å². The second-order valence-corrected chi connectivity index (χ2v) is 6.30. The van der Waals surface area contributed by atoms with Gasteiger partial charge in [-0.2, -0.15) is 0 Å². The Balaban J connectivity index is 2.47. The van der Waals surface area contributed by atoms with Crippen LogP contribution in [0.25, 0.3) is 0 Å². The first-order valence-electron chi connectivity index (χ1n) is 6.05. The van der Waals surface area contributed by atoms with Gasteiger partial charge >= 0.3 is 0 Å². The zero-order valence-electron chi connectivity index (χ0n) is 11.6. The third kappa shape index (κ3) is 2.78. The molecule has 0 heterocycles. The number of ether oxygens (including phenoxy) is 1. The van der Waals surface area contributed by atoms with Gasteiger partial charge in [-0.05, 0) is 30.3 Å². The lowest BCUT2D eigenvalue weighted by Crippen LogP contribution is -2.27. The van der Waals surface area contributed by atoms with Crippen LogP contribution in [-0.2, 0) is 10.0 Å². The molecule has 2 rings (SSSR count). The highest BCUT2D eigenvalue weighted by Crippen LogP contribution is 2.28. The van der Waals surface area contributed by atoms with Crippen molar-refractivity contribution >= 4 is 21.4 Å². The zero-order chi connectivity index (χ0) is 15.6.